The van der Waals surface area contributed by atoms with Gasteiger partial charge in [0, 0.05) is 11.1 Å². The van der Waals surface area contributed by atoms with Gasteiger partial charge < -0.3 is 5.11 Å². The molecule has 2 nitrogen and oxygen atoms in total. The van der Waals surface area contributed by atoms with Crippen LogP contribution in [0.2, 0.25) is 0 Å². The molecule has 0 saturated heterocycles. The Balaban J connectivity index is 3.05. The zero-order chi connectivity index (χ0) is 9.68. The summed E-state index contributed by atoms with van der Waals surface area (Å²) in [4.78, 5) is 10.4. The van der Waals surface area contributed by atoms with E-state index < -0.39 is 0 Å². The third kappa shape index (κ3) is 2.43. The predicted octanol–water partition coefficient (Wildman–Crippen LogP) is 1.15. The molecule has 2 heteroatoms. The summed E-state index contributed by atoms with van der Waals surface area (Å²) in [6.45, 7) is 1.74. The zero-order valence-corrected chi connectivity index (χ0v) is 7.37. The van der Waals surface area contributed by atoms with Crippen LogP contribution in [-0.2, 0) is 0 Å². The Kier molecular flexibility index (Phi) is 3.24. The molecule has 0 atom stereocenters. The Bertz CT molecular complexity index is 369. The van der Waals surface area contributed by atoms with E-state index in [-0.39, 0.29) is 6.61 Å². The molecule has 0 aliphatic heterocycles. The van der Waals surface area contributed by atoms with Crippen molar-refractivity contribution in [3.8, 4) is 11.8 Å². The van der Waals surface area contributed by atoms with Gasteiger partial charge in [-0.2, -0.15) is 0 Å². The number of carbonyl (C=O) groups is 1. The Morgan fingerprint density at radius 3 is 2.85 bits per heavy atom. The van der Waals surface area contributed by atoms with Gasteiger partial charge in [0.25, 0.3) is 0 Å². The summed E-state index contributed by atoms with van der Waals surface area (Å²) in [5.41, 5.74) is 2.44. The van der Waals surface area contributed by atoms with Crippen molar-refractivity contribution in [2.75, 3.05) is 6.61 Å². The van der Waals surface area contributed by atoms with Crippen molar-refractivity contribution in [1.82, 2.24) is 0 Å². The molecular formula is C11H10O2. The SMILES string of the molecule is Cc1cc(C=O)ccc1C#CCO. The molecule has 0 aromatic heterocycles. The van der Waals surface area contributed by atoms with Gasteiger partial charge in [-0.05, 0) is 24.6 Å². The molecule has 0 heterocycles. The van der Waals surface area contributed by atoms with E-state index >= 15 is 0 Å². The fraction of sp³-hybridized carbons (Fsp3) is 0.182. The van der Waals surface area contributed by atoms with Gasteiger partial charge in [-0.15, -0.1) is 0 Å². The molecule has 1 rings (SSSR count). The molecule has 0 spiro atoms. The van der Waals surface area contributed by atoms with E-state index in [1.54, 1.807) is 18.2 Å². The Hall–Kier alpha value is -1.59. The lowest BCUT2D eigenvalue weighted by molar-refractivity contribution is 0.112. The van der Waals surface area contributed by atoms with Gasteiger partial charge in [0.1, 0.15) is 12.9 Å². The lowest BCUT2D eigenvalue weighted by atomic mass is 10.1. The first-order chi connectivity index (χ1) is 6.27. The normalized spacial score (nSPS) is 8.77. The van der Waals surface area contributed by atoms with Crippen molar-refractivity contribution in [1.29, 1.82) is 0 Å². The number of hydrogen-bond donors (Lipinski definition) is 1. The molecule has 1 N–H and O–H groups in total. The molecule has 0 aliphatic carbocycles. The van der Waals surface area contributed by atoms with E-state index in [0.29, 0.717) is 5.56 Å². The second-order valence-corrected chi connectivity index (χ2v) is 2.65. The van der Waals surface area contributed by atoms with Gasteiger partial charge in [0.15, 0.2) is 0 Å². The molecule has 0 aliphatic rings. The van der Waals surface area contributed by atoms with Crippen LogP contribution in [0.1, 0.15) is 21.5 Å². The van der Waals surface area contributed by atoms with E-state index in [1.807, 2.05) is 6.92 Å². The molecule has 1 aromatic carbocycles. The smallest absolute Gasteiger partial charge is 0.150 e. The molecule has 0 saturated carbocycles. The number of aryl methyl sites for hydroxylation is 1. The molecule has 0 radical (unpaired) electrons. The van der Waals surface area contributed by atoms with Crippen LogP contribution in [0.15, 0.2) is 18.2 Å². The van der Waals surface area contributed by atoms with Gasteiger partial charge in [-0.25, -0.2) is 0 Å². The van der Waals surface area contributed by atoms with Gasteiger partial charge in [-0.3, -0.25) is 4.79 Å². The number of hydrogen-bond acceptors (Lipinski definition) is 2. The number of carbonyl (C=O) groups excluding carboxylic acids is 1. The van der Waals surface area contributed by atoms with E-state index in [1.165, 1.54) is 0 Å². The minimum atomic E-state index is -0.144. The maximum atomic E-state index is 10.4. The van der Waals surface area contributed by atoms with E-state index in [2.05, 4.69) is 11.8 Å². The monoisotopic (exact) mass is 174 g/mol. The highest BCUT2D eigenvalue weighted by molar-refractivity contribution is 5.75. The molecule has 0 unspecified atom stereocenters. The second-order valence-electron chi connectivity index (χ2n) is 2.65. The average Bonchev–Trinajstić information content (AvgIpc) is 2.16. The third-order valence-electron chi connectivity index (χ3n) is 1.69. The maximum Gasteiger partial charge on any atom is 0.150 e. The largest absolute Gasteiger partial charge is 0.384 e. The Morgan fingerprint density at radius 2 is 2.31 bits per heavy atom. The molecule has 66 valence electrons. The molecule has 1 aromatic rings. The zero-order valence-electron chi connectivity index (χ0n) is 7.37. The average molecular weight is 174 g/mol. The van der Waals surface area contributed by atoms with E-state index in [0.717, 1.165) is 17.4 Å². The van der Waals surface area contributed by atoms with Crippen molar-refractivity contribution in [3.63, 3.8) is 0 Å². The van der Waals surface area contributed by atoms with Gasteiger partial charge >= 0.3 is 0 Å². The van der Waals surface area contributed by atoms with Crippen LogP contribution in [0, 0.1) is 18.8 Å². The Morgan fingerprint density at radius 1 is 1.54 bits per heavy atom. The standard InChI is InChI=1S/C11H10O2/c1-9-7-10(8-13)4-5-11(9)3-2-6-12/h4-5,7-8,12H,6H2,1H3. The van der Waals surface area contributed by atoms with Gasteiger partial charge in [0.05, 0.1) is 0 Å². The quantitative estimate of drug-likeness (QED) is 0.512. The predicted molar refractivity (Wildman–Crippen MR) is 50.5 cm³/mol. The van der Waals surface area contributed by atoms with Gasteiger partial charge in [-0.1, -0.05) is 17.9 Å². The highest BCUT2D eigenvalue weighted by Gasteiger charge is 1.95. The summed E-state index contributed by atoms with van der Waals surface area (Å²) in [5.74, 6) is 5.36. The van der Waals surface area contributed by atoms with Crippen LogP contribution < -0.4 is 0 Å². The number of aliphatic hydroxyl groups is 1. The van der Waals surface area contributed by atoms with Crippen LogP contribution in [0.3, 0.4) is 0 Å². The summed E-state index contributed by atoms with van der Waals surface area (Å²) in [5, 5.41) is 8.49. The van der Waals surface area contributed by atoms with E-state index in [4.69, 9.17) is 5.11 Å². The van der Waals surface area contributed by atoms with Crippen molar-refractivity contribution < 1.29 is 9.90 Å². The number of aliphatic hydroxyl groups excluding tert-OH is 1. The number of benzene rings is 1. The highest BCUT2D eigenvalue weighted by Crippen LogP contribution is 2.08. The van der Waals surface area contributed by atoms with Crippen molar-refractivity contribution in [2.45, 2.75) is 6.92 Å². The van der Waals surface area contributed by atoms with Crippen molar-refractivity contribution in [3.05, 3.63) is 34.9 Å². The van der Waals surface area contributed by atoms with Crippen LogP contribution in [0.5, 0.6) is 0 Å². The van der Waals surface area contributed by atoms with Crippen molar-refractivity contribution >= 4 is 6.29 Å². The topological polar surface area (TPSA) is 37.3 Å². The summed E-state index contributed by atoms with van der Waals surface area (Å²) in [6.07, 6.45) is 0.802. The fourth-order valence-corrected chi connectivity index (χ4v) is 1.04. The lowest BCUT2D eigenvalue weighted by Crippen LogP contribution is -1.86. The van der Waals surface area contributed by atoms with Crippen molar-refractivity contribution in [2.24, 2.45) is 0 Å². The Labute approximate surface area is 77.2 Å². The second kappa shape index (κ2) is 4.44. The maximum absolute atomic E-state index is 10.4. The first-order valence-electron chi connectivity index (χ1n) is 3.93. The highest BCUT2D eigenvalue weighted by atomic mass is 16.2. The molecular weight excluding hydrogens is 164 g/mol. The first-order valence-corrected chi connectivity index (χ1v) is 3.93. The van der Waals surface area contributed by atoms with Crippen LogP contribution >= 0.6 is 0 Å². The van der Waals surface area contributed by atoms with Gasteiger partial charge in [0.2, 0.25) is 0 Å². The molecule has 13 heavy (non-hydrogen) atoms. The molecule has 0 amide bonds. The van der Waals surface area contributed by atoms with Crippen LogP contribution in [0.25, 0.3) is 0 Å². The first kappa shape index (κ1) is 9.50. The third-order valence-corrected chi connectivity index (χ3v) is 1.69. The van der Waals surface area contributed by atoms with E-state index in [9.17, 15) is 4.79 Å². The molecule has 0 fully saturated rings. The molecule has 0 bridgehead atoms. The summed E-state index contributed by atoms with van der Waals surface area (Å²) >= 11 is 0. The lowest BCUT2D eigenvalue weighted by Gasteiger charge is -1.97. The summed E-state index contributed by atoms with van der Waals surface area (Å²) < 4.78 is 0. The fourth-order valence-electron chi connectivity index (χ4n) is 1.04. The summed E-state index contributed by atoms with van der Waals surface area (Å²) in [6, 6.07) is 5.26. The van der Waals surface area contributed by atoms with Crippen LogP contribution in [0.4, 0.5) is 0 Å². The number of aldehydes is 1. The van der Waals surface area contributed by atoms with Crippen LogP contribution in [-0.4, -0.2) is 18.0 Å². The minimum Gasteiger partial charge on any atom is -0.384 e. The number of rotatable bonds is 1. The summed E-state index contributed by atoms with van der Waals surface area (Å²) in [7, 11) is 0. The minimum absolute atomic E-state index is 0.144.